The van der Waals surface area contributed by atoms with Gasteiger partial charge in [-0.2, -0.15) is 0 Å². The van der Waals surface area contributed by atoms with Gasteiger partial charge < -0.3 is 13.9 Å². The molecule has 178 valence electrons. The molecule has 1 saturated heterocycles. The number of benzene rings is 2. The Labute approximate surface area is 208 Å². The van der Waals surface area contributed by atoms with Gasteiger partial charge in [-0.3, -0.25) is 25.0 Å². The molecule has 1 fully saturated rings. The molecule has 0 bridgehead atoms. The molecule has 4 rings (SSSR count). The SMILES string of the molecule is COc1ccc(N2C(=O)/C(=C/c3ccc(-c4ccc(Cl)cc4[N+](=O)[O-])o3)C(=O)NC2=S)c(OC)c1. The molecule has 2 heterocycles. The molecule has 35 heavy (non-hydrogen) atoms. The van der Waals surface area contributed by atoms with Crippen LogP contribution in [0.5, 0.6) is 11.5 Å². The van der Waals surface area contributed by atoms with Crippen molar-refractivity contribution in [2.24, 2.45) is 0 Å². The maximum Gasteiger partial charge on any atom is 0.281 e. The number of hydrogen-bond donors (Lipinski definition) is 1. The number of rotatable bonds is 6. The van der Waals surface area contributed by atoms with E-state index in [1.807, 2.05) is 0 Å². The summed E-state index contributed by atoms with van der Waals surface area (Å²) in [6.07, 6.45) is 1.23. The molecule has 0 aliphatic carbocycles. The van der Waals surface area contributed by atoms with Crippen molar-refractivity contribution in [3.63, 3.8) is 0 Å². The van der Waals surface area contributed by atoms with E-state index in [1.54, 1.807) is 18.2 Å². The summed E-state index contributed by atoms with van der Waals surface area (Å²) in [4.78, 5) is 37.9. The normalized spacial score (nSPS) is 14.8. The molecule has 0 saturated carbocycles. The van der Waals surface area contributed by atoms with Crippen LogP contribution in [0, 0.1) is 10.1 Å². The number of halogens is 1. The number of furan rings is 1. The quantitative estimate of drug-likeness (QED) is 0.169. The maximum atomic E-state index is 13.3. The molecule has 0 spiro atoms. The first kappa shape index (κ1) is 23.9. The summed E-state index contributed by atoms with van der Waals surface area (Å²) in [6, 6.07) is 11.9. The summed E-state index contributed by atoms with van der Waals surface area (Å²) in [5, 5.41) is 14.0. The van der Waals surface area contributed by atoms with Gasteiger partial charge in [0.25, 0.3) is 17.5 Å². The number of ether oxygens (including phenoxy) is 2. The predicted octanol–water partition coefficient (Wildman–Crippen LogP) is 4.36. The van der Waals surface area contributed by atoms with Crippen LogP contribution in [0.1, 0.15) is 5.76 Å². The fourth-order valence-electron chi connectivity index (χ4n) is 3.43. The second kappa shape index (κ2) is 9.57. The molecule has 0 atom stereocenters. The van der Waals surface area contributed by atoms with Crippen molar-refractivity contribution < 1.29 is 28.4 Å². The van der Waals surface area contributed by atoms with Crippen LogP contribution in [0.4, 0.5) is 11.4 Å². The lowest BCUT2D eigenvalue weighted by molar-refractivity contribution is -0.384. The molecule has 12 heteroatoms. The number of nitrogens with one attached hydrogen (secondary N) is 1. The van der Waals surface area contributed by atoms with Gasteiger partial charge in [-0.15, -0.1) is 0 Å². The number of carbonyl (C=O) groups excluding carboxylic acids is 2. The van der Waals surface area contributed by atoms with Gasteiger partial charge in [0, 0.05) is 17.2 Å². The Hall–Kier alpha value is -4.22. The number of anilines is 1. The van der Waals surface area contributed by atoms with E-state index < -0.39 is 16.7 Å². The van der Waals surface area contributed by atoms with Gasteiger partial charge in [0.05, 0.1) is 30.4 Å². The smallest absolute Gasteiger partial charge is 0.281 e. The molecule has 3 aromatic rings. The van der Waals surface area contributed by atoms with E-state index in [2.05, 4.69) is 5.32 Å². The zero-order valence-corrected chi connectivity index (χ0v) is 19.8. The first-order chi connectivity index (χ1) is 16.7. The second-order valence-corrected chi connectivity index (χ2v) is 7.94. The topological polar surface area (TPSA) is 124 Å². The van der Waals surface area contributed by atoms with Gasteiger partial charge in [0.2, 0.25) is 0 Å². The van der Waals surface area contributed by atoms with E-state index in [-0.39, 0.29) is 38.5 Å². The number of nitro groups is 1. The minimum absolute atomic E-state index is 0.122. The number of carbonyl (C=O) groups is 2. The Morgan fingerprint density at radius 1 is 1.11 bits per heavy atom. The molecule has 1 aliphatic rings. The second-order valence-electron chi connectivity index (χ2n) is 7.12. The van der Waals surface area contributed by atoms with Crippen LogP contribution in [0.25, 0.3) is 17.4 Å². The number of amides is 2. The molecule has 2 aromatic carbocycles. The number of thiocarbonyl (C=S) groups is 1. The van der Waals surface area contributed by atoms with Crippen LogP contribution in [0.3, 0.4) is 0 Å². The molecule has 1 aliphatic heterocycles. The van der Waals surface area contributed by atoms with E-state index in [0.29, 0.717) is 17.2 Å². The third kappa shape index (κ3) is 4.59. The first-order valence-corrected chi connectivity index (χ1v) is 10.7. The Balaban J connectivity index is 1.72. The van der Waals surface area contributed by atoms with Crippen molar-refractivity contribution >= 4 is 58.2 Å². The van der Waals surface area contributed by atoms with Crippen LogP contribution in [0.15, 0.2) is 58.5 Å². The van der Waals surface area contributed by atoms with Crippen molar-refractivity contribution in [2.45, 2.75) is 0 Å². The fourth-order valence-corrected chi connectivity index (χ4v) is 3.87. The van der Waals surface area contributed by atoms with Crippen LogP contribution < -0.4 is 19.7 Å². The summed E-state index contributed by atoms with van der Waals surface area (Å²) in [5.41, 5.74) is -0.0241. The van der Waals surface area contributed by atoms with Crippen molar-refractivity contribution in [1.82, 2.24) is 5.32 Å². The van der Waals surface area contributed by atoms with Gasteiger partial charge in [0.1, 0.15) is 28.6 Å². The third-order valence-electron chi connectivity index (χ3n) is 5.06. The summed E-state index contributed by atoms with van der Waals surface area (Å²) < 4.78 is 16.2. The van der Waals surface area contributed by atoms with Gasteiger partial charge in [0.15, 0.2) is 5.11 Å². The van der Waals surface area contributed by atoms with Gasteiger partial charge in [-0.1, -0.05) is 11.6 Å². The van der Waals surface area contributed by atoms with Crippen molar-refractivity contribution in [2.75, 3.05) is 19.1 Å². The van der Waals surface area contributed by atoms with Crippen LogP contribution in [0.2, 0.25) is 5.02 Å². The molecular formula is C23H16ClN3O7S. The maximum absolute atomic E-state index is 13.3. The highest BCUT2D eigenvalue weighted by atomic mass is 35.5. The minimum Gasteiger partial charge on any atom is -0.497 e. The molecule has 0 radical (unpaired) electrons. The highest BCUT2D eigenvalue weighted by Crippen LogP contribution is 2.36. The average molecular weight is 514 g/mol. The molecular weight excluding hydrogens is 498 g/mol. The average Bonchev–Trinajstić information content (AvgIpc) is 3.30. The van der Waals surface area contributed by atoms with Crippen molar-refractivity contribution in [3.05, 3.63) is 75.0 Å². The van der Waals surface area contributed by atoms with E-state index in [1.165, 1.54) is 50.6 Å². The van der Waals surface area contributed by atoms with Crippen molar-refractivity contribution in [1.29, 1.82) is 0 Å². The van der Waals surface area contributed by atoms with E-state index in [9.17, 15) is 19.7 Å². The molecule has 10 nitrogen and oxygen atoms in total. The van der Waals surface area contributed by atoms with Crippen molar-refractivity contribution in [3.8, 4) is 22.8 Å². The zero-order valence-electron chi connectivity index (χ0n) is 18.2. The van der Waals surface area contributed by atoms with Crippen LogP contribution >= 0.6 is 23.8 Å². The number of nitrogens with zero attached hydrogens (tertiary/aromatic N) is 2. The highest BCUT2D eigenvalue weighted by Gasteiger charge is 2.36. The predicted molar refractivity (Wildman–Crippen MR) is 132 cm³/mol. The third-order valence-corrected chi connectivity index (χ3v) is 5.58. The monoisotopic (exact) mass is 513 g/mol. The highest BCUT2D eigenvalue weighted by molar-refractivity contribution is 7.80. The molecule has 0 unspecified atom stereocenters. The Kier molecular flexibility index (Phi) is 6.54. The summed E-state index contributed by atoms with van der Waals surface area (Å²) in [5.74, 6) is -0.354. The van der Waals surface area contributed by atoms with Crippen LogP contribution in [-0.4, -0.2) is 36.1 Å². The molecule has 1 N–H and O–H groups in total. The van der Waals surface area contributed by atoms with Crippen LogP contribution in [-0.2, 0) is 9.59 Å². The number of nitro benzene ring substituents is 1. The summed E-state index contributed by atoms with van der Waals surface area (Å²) >= 11 is 11.1. The standard InChI is InChI=1S/C23H16ClN3O7S/c1-32-13-4-7-17(20(11-13)33-2)26-22(29)16(21(28)25-23(26)35)10-14-5-8-19(34-14)15-6-3-12(24)9-18(15)27(30)31/h3-11H,1-2H3,(H,25,28,35)/b16-10+. The Morgan fingerprint density at radius 2 is 1.89 bits per heavy atom. The number of methoxy groups -OCH3 is 2. The zero-order chi connectivity index (χ0) is 25.3. The van der Waals surface area contributed by atoms with Gasteiger partial charge >= 0.3 is 0 Å². The lowest BCUT2D eigenvalue weighted by Gasteiger charge is -2.29. The summed E-state index contributed by atoms with van der Waals surface area (Å²) in [7, 11) is 2.91. The largest absolute Gasteiger partial charge is 0.497 e. The number of hydrogen-bond acceptors (Lipinski definition) is 8. The van der Waals surface area contributed by atoms with Gasteiger partial charge in [-0.25, -0.2) is 4.90 Å². The fraction of sp³-hybridized carbons (Fsp3) is 0.0870. The lowest BCUT2D eigenvalue weighted by Crippen LogP contribution is -2.54. The molecule has 2 amide bonds. The van der Waals surface area contributed by atoms with E-state index >= 15 is 0 Å². The van der Waals surface area contributed by atoms with Gasteiger partial charge in [-0.05, 0) is 54.7 Å². The Bertz CT molecular complexity index is 1420. The molecule has 1 aromatic heterocycles. The van der Waals surface area contributed by atoms with E-state index in [4.69, 9.17) is 37.7 Å². The first-order valence-electron chi connectivity index (χ1n) is 9.91. The Morgan fingerprint density at radius 3 is 2.57 bits per heavy atom. The lowest BCUT2D eigenvalue weighted by atomic mass is 10.1. The summed E-state index contributed by atoms with van der Waals surface area (Å²) in [6.45, 7) is 0. The minimum atomic E-state index is -0.723. The van der Waals surface area contributed by atoms with E-state index in [0.717, 1.165) is 4.90 Å².